The molecule has 0 saturated carbocycles. The van der Waals surface area contributed by atoms with Crippen molar-refractivity contribution >= 4 is 71.0 Å². The highest BCUT2D eigenvalue weighted by atomic mass is 79.9. The molecule has 0 aliphatic carbocycles. The number of nitrogens with zero attached hydrogens (tertiary/aromatic N) is 1. The van der Waals surface area contributed by atoms with Gasteiger partial charge < -0.3 is 10.1 Å². The highest BCUT2D eigenvalue weighted by Crippen LogP contribution is 2.37. The van der Waals surface area contributed by atoms with Crippen molar-refractivity contribution in [1.29, 1.82) is 0 Å². The molecular weight excluding hydrogens is 628 g/mol. The van der Waals surface area contributed by atoms with E-state index in [1.54, 1.807) is 6.07 Å². The number of rotatable bonds is 7. The van der Waals surface area contributed by atoms with Crippen molar-refractivity contribution in [1.82, 2.24) is 4.98 Å². The second-order valence-corrected chi connectivity index (χ2v) is 11.2. The van der Waals surface area contributed by atoms with E-state index in [-0.39, 0.29) is 5.91 Å². The number of carbonyl (C=O) groups is 2. The summed E-state index contributed by atoms with van der Waals surface area (Å²) in [6.45, 7) is 2.24. The largest absolute Gasteiger partial charge is 0.462 e. The van der Waals surface area contributed by atoms with Crippen molar-refractivity contribution in [3.8, 4) is 22.4 Å². The molecule has 5 nitrogen and oxygen atoms in total. The first-order valence-corrected chi connectivity index (χ1v) is 14.4. The van der Waals surface area contributed by atoms with Gasteiger partial charge in [-0.25, -0.2) is 9.78 Å². The Morgan fingerprint density at radius 2 is 1.66 bits per heavy atom. The molecule has 38 heavy (non-hydrogen) atoms. The van der Waals surface area contributed by atoms with Gasteiger partial charge in [-0.2, -0.15) is 0 Å². The summed E-state index contributed by atoms with van der Waals surface area (Å²) in [7, 11) is 0. The maximum atomic E-state index is 13.8. The Balaban J connectivity index is 1.59. The number of fused-ring (bicyclic) bond motifs is 1. The van der Waals surface area contributed by atoms with Crippen molar-refractivity contribution in [3.63, 3.8) is 0 Å². The van der Waals surface area contributed by atoms with E-state index in [4.69, 9.17) is 9.72 Å². The van der Waals surface area contributed by atoms with Crippen molar-refractivity contribution < 1.29 is 14.3 Å². The number of amides is 1. The Bertz CT molecular complexity index is 1630. The molecule has 3 aromatic carbocycles. The lowest BCUT2D eigenvalue weighted by Crippen LogP contribution is -2.16. The maximum absolute atomic E-state index is 13.8. The molecule has 0 bridgehead atoms. The normalized spacial score (nSPS) is 10.9. The number of hydrogen-bond donors (Lipinski definition) is 1. The van der Waals surface area contributed by atoms with Gasteiger partial charge in [0.25, 0.3) is 5.91 Å². The van der Waals surface area contributed by atoms with E-state index >= 15 is 0 Å². The van der Waals surface area contributed by atoms with Gasteiger partial charge in [-0.3, -0.25) is 4.79 Å². The molecule has 190 valence electrons. The second kappa shape index (κ2) is 11.6. The topological polar surface area (TPSA) is 68.3 Å². The van der Waals surface area contributed by atoms with Crippen LogP contribution in [-0.4, -0.2) is 23.5 Å². The quantitative estimate of drug-likeness (QED) is 0.179. The first-order chi connectivity index (χ1) is 18.4. The molecule has 5 aromatic rings. The first kappa shape index (κ1) is 26.3. The number of benzene rings is 3. The van der Waals surface area contributed by atoms with Gasteiger partial charge in [0.15, 0.2) is 0 Å². The third kappa shape index (κ3) is 5.57. The monoisotopic (exact) mass is 648 g/mol. The maximum Gasteiger partial charge on any atom is 0.341 e. The lowest BCUT2D eigenvalue weighted by Gasteiger charge is -2.12. The van der Waals surface area contributed by atoms with Crippen LogP contribution in [0.4, 0.5) is 5.00 Å². The SMILES string of the molecule is CCCOC(=O)c1c(-c2ccc(Br)cc2)csc1NC(=O)c1cc(-c2ccccc2)nc2ccc(Br)cc12. The molecule has 8 heteroatoms. The Kier molecular flexibility index (Phi) is 8.02. The predicted molar refractivity (Wildman–Crippen MR) is 161 cm³/mol. The molecule has 2 heterocycles. The van der Waals surface area contributed by atoms with Crippen molar-refractivity contribution in [2.75, 3.05) is 11.9 Å². The number of pyridine rings is 1. The summed E-state index contributed by atoms with van der Waals surface area (Å²) < 4.78 is 7.28. The number of thiophene rings is 1. The van der Waals surface area contributed by atoms with E-state index in [2.05, 4.69) is 37.2 Å². The third-order valence-electron chi connectivity index (χ3n) is 5.90. The van der Waals surface area contributed by atoms with Gasteiger partial charge in [0.1, 0.15) is 10.6 Å². The van der Waals surface area contributed by atoms with Crippen LogP contribution in [0.5, 0.6) is 0 Å². The number of anilines is 1. The average Bonchev–Trinajstić information content (AvgIpc) is 3.35. The number of carbonyl (C=O) groups excluding carboxylic acids is 2. The van der Waals surface area contributed by atoms with Crippen molar-refractivity contribution in [2.24, 2.45) is 0 Å². The Morgan fingerprint density at radius 1 is 0.921 bits per heavy atom. The lowest BCUT2D eigenvalue weighted by atomic mass is 10.0. The standard InChI is InChI=1S/C30H22Br2N2O3S/c1-2-14-37-30(36)27-24(18-8-10-20(31)11-9-18)17-38-29(27)34-28(35)23-16-26(19-6-4-3-5-7-19)33-25-13-12-21(32)15-22(23)25/h3-13,15-17H,2,14H2,1H3,(H,34,35). The Labute approximate surface area is 241 Å². The zero-order valence-corrected chi connectivity index (χ0v) is 24.3. The van der Waals surface area contributed by atoms with Gasteiger partial charge in [0.2, 0.25) is 0 Å². The number of aromatic nitrogens is 1. The zero-order chi connectivity index (χ0) is 26.6. The second-order valence-electron chi connectivity index (χ2n) is 8.53. The smallest absolute Gasteiger partial charge is 0.341 e. The summed E-state index contributed by atoms with van der Waals surface area (Å²) in [5, 5.41) is 6.02. The minimum atomic E-state index is -0.464. The summed E-state index contributed by atoms with van der Waals surface area (Å²) in [5.74, 6) is -0.796. The third-order valence-corrected chi connectivity index (χ3v) is 7.82. The van der Waals surface area contributed by atoms with Crippen LogP contribution in [0.1, 0.15) is 34.1 Å². The molecule has 1 N–H and O–H groups in total. The summed E-state index contributed by atoms with van der Waals surface area (Å²) in [5.41, 5.74) is 4.68. The van der Waals surface area contributed by atoms with Gasteiger partial charge >= 0.3 is 5.97 Å². The predicted octanol–water partition coefficient (Wildman–Crippen LogP) is 8.97. The number of ether oxygens (including phenoxy) is 1. The van der Waals surface area contributed by atoms with Crippen molar-refractivity contribution in [2.45, 2.75) is 13.3 Å². The van der Waals surface area contributed by atoms with E-state index in [1.807, 2.05) is 85.1 Å². The molecule has 0 unspecified atom stereocenters. The molecule has 5 rings (SSSR count). The highest BCUT2D eigenvalue weighted by molar-refractivity contribution is 9.10. The summed E-state index contributed by atoms with van der Waals surface area (Å²) in [4.78, 5) is 31.8. The fraction of sp³-hybridized carbons (Fsp3) is 0.100. The number of halogens is 2. The molecule has 0 radical (unpaired) electrons. The van der Waals surface area contributed by atoms with E-state index in [0.717, 1.165) is 20.1 Å². The van der Waals surface area contributed by atoms with Crippen LogP contribution < -0.4 is 5.32 Å². The van der Waals surface area contributed by atoms with E-state index in [1.165, 1.54) is 11.3 Å². The molecular formula is C30H22Br2N2O3S. The van der Waals surface area contributed by atoms with Crippen LogP contribution in [-0.2, 0) is 4.74 Å². The van der Waals surface area contributed by atoms with Gasteiger partial charge in [-0.1, -0.05) is 81.2 Å². The van der Waals surface area contributed by atoms with Crippen LogP contribution in [0.25, 0.3) is 33.3 Å². The fourth-order valence-electron chi connectivity index (χ4n) is 4.07. The average molecular weight is 650 g/mol. The van der Waals surface area contributed by atoms with Gasteiger partial charge in [0, 0.05) is 30.8 Å². The highest BCUT2D eigenvalue weighted by Gasteiger charge is 2.24. The molecule has 0 aliphatic heterocycles. The van der Waals surface area contributed by atoms with Crippen LogP contribution in [0.3, 0.4) is 0 Å². The lowest BCUT2D eigenvalue weighted by molar-refractivity contribution is 0.0507. The Morgan fingerprint density at radius 3 is 2.39 bits per heavy atom. The summed E-state index contributed by atoms with van der Waals surface area (Å²) >= 11 is 8.27. The van der Waals surface area contributed by atoms with Gasteiger partial charge in [0.05, 0.1) is 23.4 Å². The Hall–Kier alpha value is -3.33. The molecule has 2 aromatic heterocycles. The van der Waals surface area contributed by atoms with Crippen LogP contribution in [0, 0.1) is 0 Å². The summed E-state index contributed by atoms with van der Waals surface area (Å²) in [6.07, 6.45) is 0.700. The van der Waals surface area contributed by atoms with Crippen LogP contribution >= 0.6 is 43.2 Å². The van der Waals surface area contributed by atoms with E-state index in [9.17, 15) is 9.59 Å². The van der Waals surface area contributed by atoms with Crippen LogP contribution in [0.2, 0.25) is 0 Å². The van der Waals surface area contributed by atoms with Gasteiger partial charge in [-0.15, -0.1) is 11.3 Å². The van der Waals surface area contributed by atoms with Crippen LogP contribution in [0.15, 0.2) is 93.2 Å². The fourth-order valence-corrected chi connectivity index (χ4v) is 5.65. The van der Waals surface area contributed by atoms with E-state index < -0.39 is 5.97 Å². The first-order valence-electron chi connectivity index (χ1n) is 12.0. The minimum absolute atomic E-state index is 0.297. The minimum Gasteiger partial charge on any atom is -0.462 e. The number of nitrogens with one attached hydrogen (secondary N) is 1. The van der Waals surface area contributed by atoms with E-state index in [0.29, 0.717) is 51.3 Å². The summed E-state index contributed by atoms with van der Waals surface area (Å²) in [6, 6.07) is 24.9. The van der Waals surface area contributed by atoms with Crippen molar-refractivity contribution in [3.05, 3.63) is 104 Å². The molecule has 0 atom stereocenters. The molecule has 0 aliphatic rings. The zero-order valence-electron chi connectivity index (χ0n) is 20.3. The number of esters is 1. The molecule has 0 fully saturated rings. The molecule has 0 saturated heterocycles. The molecule has 1 amide bonds. The number of hydrogen-bond acceptors (Lipinski definition) is 5. The molecule has 0 spiro atoms. The van der Waals surface area contributed by atoms with Gasteiger partial charge in [-0.05, 0) is 48.4 Å².